The average molecular weight is 155 g/mol. The Balaban J connectivity index is 2.28. The minimum Gasteiger partial charge on any atom is -0.253 e. The van der Waals surface area contributed by atoms with Crippen LogP contribution >= 0.6 is 11.3 Å². The van der Waals surface area contributed by atoms with E-state index in [4.69, 9.17) is 0 Å². The van der Waals surface area contributed by atoms with Crippen LogP contribution < -0.4 is 0 Å². The topological polar surface area (TPSA) is 12.9 Å². The minimum absolute atomic E-state index is 0.807. The van der Waals surface area contributed by atoms with Crippen molar-refractivity contribution >= 4 is 11.3 Å². The van der Waals surface area contributed by atoms with Gasteiger partial charge < -0.3 is 0 Å². The molecule has 1 nitrogen and oxygen atoms in total. The first-order chi connectivity index (χ1) is 4.79. The van der Waals surface area contributed by atoms with Gasteiger partial charge in [-0.05, 0) is 18.8 Å². The molecule has 0 N–H and O–H groups in total. The lowest BCUT2D eigenvalue weighted by Crippen LogP contribution is -1.88. The lowest BCUT2D eigenvalue weighted by molar-refractivity contribution is 0.589. The fourth-order valence-corrected chi connectivity index (χ4v) is 1.41. The molecule has 0 radical (unpaired) electrons. The van der Waals surface area contributed by atoms with E-state index >= 15 is 0 Å². The van der Waals surface area contributed by atoms with Gasteiger partial charge in [-0.1, -0.05) is 13.8 Å². The molecule has 56 valence electrons. The second kappa shape index (κ2) is 3.71. The first kappa shape index (κ1) is 7.73. The van der Waals surface area contributed by atoms with Gasteiger partial charge in [0.1, 0.15) is 0 Å². The van der Waals surface area contributed by atoms with Gasteiger partial charge in [0.05, 0.1) is 5.51 Å². The van der Waals surface area contributed by atoms with Crippen molar-refractivity contribution in [2.24, 2.45) is 5.92 Å². The summed E-state index contributed by atoms with van der Waals surface area (Å²) in [4.78, 5) is 5.43. The first-order valence-electron chi connectivity index (χ1n) is 3.66. The van der Waals surface area contributed by atoms with Crippen molar-refractivity contribution in [3.8, 4) is 0 Å². The van der Waals surface area contributed by atoms with E-state index in [1.54, 1.807) is 11.3 Å². The zero-order chi connectivity index (χ0) is 7.40. The highest BCUT2D eigenvalue weighted by atomic mass is 32.1. The lowest BCUT2D eigenvalue weighted by Gasteiger charge is -1.99. The standard InChI is InChI=1S/C8H13NS/c1-7(2)3-4-8-5-9-6-10-8/h5-7H,3-4H2,1-2H3. The number of rotatable bonds is 3. The van der Waals surface area contributed by atoms with E-state index in [2.05, 4.69) is 18.8 Å². The number of aromatic nitrogens is 1. The summed E-state index contributed by atoms with van der Waals surface area (Å²) < 4.78 is 0. The second-order valence-electron chi connectivity index (χ2n) is 2.90. The normalized spacial score (nSPS) is 10.7. The van der Waals surface area contributed by atoms with Gasteiger partial charge >= 0.3 is 0 Å². The van der Waals surface area contributed by atoms with Crippen LogP contribution in [0, 0.1) is 5.92 Å². The van der Waals surface area contributed by atoms with Crippen LogP contribution in [0.5, 0.6) is 0 Å². The maximum Gasteiger partial charge on any atom is 0.0794 e. The molecule has 0 atom stereocenters. The van der Waals surface area contributed by atoms with Crippen LogP contribution in [-0.4, -0.2) is 4.98 Å². The van der Waals surface area contributed by atoms with Gasteiger partial charge in [0.15, 0.2) is 0 Å². The van der Waals surface area contributed by atoms with Crippen LogP contribution in [0.2, 0.25) is 0 Å². The summed E-state index contributed by atoms with van der Waals surface area (Å²) in [5, 5.41) is 0. The molecule has 1 aromatic heterocycles. The van der Waals surface area contributed by atoms with Gasteiger partial charge in [0.2, 0.25) is 0 Å². The van der Waals surface area contributed by atoms with Crippen LogP contribution in [0.3, 0.4) is 0 Å². The highest BCUT2D eigenvalue weighted by molar-refractivity contribution is 7.09. The molecule has 0 amide bonds. The number of aryl methyl sites for hydroxylation is 1. The molecule has 0 aliphatic heterocycles. The van der Waals surface area contributed by atoms with Crippen LogP contribution in [0.1, 0.15) is 25.1 Å². The Kier molecular flexibility index (Phi) is 2.87. The van der Waals surface area contributed by atoms with Gasteiger partial charge in [-0.3, -0.25) is 4.98 Å². The number of thiazole rings is 1. The Morgan fingerprint density at radius 1 is 1.60 bits per heavy atom. The first-order valence-corrected chi connectivity index (χ1v) is 4.54. The summed E-state index contributed by atoms with van der Waals surface area (Å²) in [6.45, 7) is 4.50. The molecule has 0 saturated heterocycles. The van der Waals surface area contributed by atoms with Crippen molar-refractivity contribution < 1.29 is 0 Å². The molecule has 1 aromatic rings. The van der Waals surface area contributed by atoms with Crippen LogP contribution in [0.15, 0.2) is 11.7 Å². The third-order valence-electron chi connectivity index (χ3n) is 1.45. The summed E-state index contributed by atoms with van der Waals surface area (Å²) in [6.07, 6.45) is 4.44. The Bertz CT molecular complexity index is 167. The summed E-state index contributed by atoms with van der Waals surface area (Å²) in [6, 6.07) is 0. The quantitative estimate of drug-likeness (QED) is 0.654. The molecular formula is C8H13NS. The summed E-state index contributed by atoms with van der Waals surface area (Å²) >= 11 is 1.75. The van der Waals surface area contributed by atoms with Gasteiger partial charge in [0, 0.05) is 11.1 Å². The average Bonchev–Trinajstić information content (AvgIpc) is 2.34. The van der Waals surface area contributed by atoms with Gasteiger partial charge in [-0.2, -0.15) is 0 Å². The van der Waals surface area contributed by atoms with Crippen molar-refractivity contribution in [1.29, 1.82) is 0 Å². The predicted octanol–water partition coefficient (Wildman–Crippen LogP) is 2.73. The molecule has 0 aliphatic rings. The zero-order valence-electron chi connectivity index (χ0n) is 6.50. The molecular weight excluding hydrogens is 142 g/mol. The number of hydrogen-bond donors (Lipinski definition) is 0. The summed E-state index contributed by atoms with van der Waals surface area (Å²) in [5.74, 6) is 0.807. The fourth-order valence-electron chi connectivity index (χ4n) is 0.797. The minimum atomic E-state index is 0.807. The van der Waals surface area contributed by atoms with Gasteiger partial charge in [-0.15, -0.1) is 11.3 Å². The Morgan fingerprint density at radius 2 is 2.40 bits per heavy atom. The predicted molar refractivity (Wildman–Crippen MR) is 45.3 cm³/mol. The maximum atomic E-state index is 4.02. The molecule has 0 unspecified atom stereocenters. The largest absolute Gasteiger partial charge is 0.253 e. The number of nitrogens with zero attached hydrogens (tertiary/aromatic N) is 1. The molecule has 0 spiro atoms. The zero-order valence-corrected chi connectivity index (χ0v) is 7.32. The van der Waals surface area contributed by atoms with Crippen molar-refractivity contribution in [2.75, 3.05) is 0 Å². The molecule has 0 aromatic carbocycles. The van der Waals surface area contributed by atoms with Crippen LogP contribution in [0.25, 0.3) is 0 Å². The molecule has 1 heterocycles. The van der Waals surface area contributed by atoms with Crippen LogP contribution in [0.4, 0.5) is 0 Å². The lowest BCUT2D eigenvalue weighted by atomic mass is 10.1. The molecule has 1 rings (SSSR count). The van der Waals surface area contributed by atoms with Crippen molar-refractivity contribution in [1.82, 2.24) is 4.98 Å². The highest BCUT2D eigenvalue weighted by Crippen LogP contribution is 2.11. The molecule has 0 bridgehead atoms. The number of hydrogen-bond acceptors (Lipinski definition) is 2. The summed E-state index contributed by atoms with van der Waals surface area (Å²) in [5.41, 5.74) is 1.90. The van der Waals surface area contributed by atoms with Gasteiger partial charge in [-0.25, -0.2) is 0 Å². The SMILES string of the molecule is CC(C)CCc1cncs1. The second-order valence-corrected chi connectivity index (χ2v) is 3.87. The van der Waals surface area contributed by atoms with E-state index in [0.29, 0.717) is 0 Å². The van der Waals surface area contributed by atoms with E-state index < -0.39 is 0 Å². The van der Waals surface area contributed by atoms with E-state index in [9.17, 15) is 0 Å². The van der Waals surface area contributed by atoms with E-state index in [1.165, 1.54) is 17.7 Å². The van der Waals surface area contributed by atoms with Crippen molar-refractivity contribution in [3.63, 3.8) is 0 Å². The fraction of sp³-hybridized carbons (Fsp3) is 0.625. The van der Waals surface area contributed by atoms with Crippen LogP contribution in [-0.2, 0) is 6.42 Å². The monoisotopic (exact) mass is 155 g/mol. The third kappa shape index (κ3) is 2.48. The van der Waals surface area contributed by atoms with Crippen molar-refractivity contribution in [2.45, 2.75) is 26.7 Å². The summed E-state index contributed by atoms with van der Waals surface area (Å²) in [7, 11) is 0. The third-order valence-corrected chi connectivity index (χ3v) is 2.29. The van der Waals surface area contributed by atoms with E-state index in [1.807, 2.05) is 11.7 Å². The maximum absolute atomic E-state index is 4.02. The van der Waals surface area contributed by atoms with E-state index in [-0.39, 0.29) is 0 Å². The van der Waals surface area contributed by atoms with E-state index in [0.717, 1.165) is 5.92 Å². The molecule has 10 heavy (non-hydrogen) atoms. The molecule has 0 saturated carbocycles. The Labute approximate surface area is 66.1 Å². The Hall–Kier alpha value is -0.370. The van der Waals surface area contributed by atoms with Crippen molar-refractivity contribution in [3.05, 3.63) is 16.6 Å². The Morgan fingerprint density at radius 3 is 2.90 bits per heavy atom. The van der Waals surface area contributed by atoms with Gasteiger partial charge in [0.25, 0.3) is 0 Å². The smallest absolute Gasteiger partial charge is 0.0794 e. The molecule has 0 fully saturated rings. The molecule has 2 heteroatoms. The molecule has 0 aliphatic carbocycles. The highest BCUT2D eigenvalue weighted by Gasteiger charge is 1.96.